The lowest BCUT2D eigenvalue weighted by atomic mass is 9.86. The summed E-state index contributed by atoms with van der Waals surface area (Å²) in [5, 5.41) is 16.4. The maximum atomic E-state index is 12.9. The van der Waals surface area contributed by atoms with Crippen molar-refractivity contribution in [2.24, 2.45) is 11.8 Å². The first-order valence-corrected chi connectivity index (χ1v) is 13.6. The van der Waals surface area contributed by atoms with Crippen LogP contribution in [0.5, 0.6) is 0 Å². The van der Waals surface area contributed by atoms with Gasteiger partial charge in [0.2, 0.25) is 5.91 Å². The smallest absolute Gasteiger partial charge is 0.253 e. The lowest BCUT2D eigenvalue weighted by Gasteiger charge is -2.29. The fourth-order valence-electron chi connectivity index (χ4n) is 4.27. The number of hydrogen-bond acceptors (Lipinski definition) is 5. The zero-order chi connectivity index (χ0) is 24.8. The van der Waals surface area contributed by atoms with Crippen molar-refractivity contribution in [1.82, 2.24) is 25.4 Å². The Hall–Kier alpha value is -1.77. The van der Waals surface area contributed by atoms with Crippen molar-refractivity contribution in [1.29, 1.82) is 0 Å². The number of nitrogens with one attached hydrogen (secondary N) is 2. The average Bonchev–Trinajstić information content (AvgIpc) is 3.19. The van der Waals surface area contributed by atoms with Crippen LogP contribution in [0, 0.1) is 11.8 Å². The van der Waals surface area contributed by atoms with E-state index in [-0.39, 0.29) is 35.6 Å². The molecule has 7 nitrogen and oxygen atoms in total. The highest BCUT2D eigenvalue weighted by Gasteiger charge is 2.27. The quantitative estimate of drug-likeness (QED) is 0.420. The molecule has 1 aromatic carbocycles. The van der Waals surface area contributed by atoms with E-state index < -0.39 is 0 Å². The largest absolute Gasteiger partial charge is 0.352 e. The SMILES string of the molecule is CCn1c(SCC(=O)N[C@@H]2CCCC[C@H]2C)nnc1[C@H](NC(=O)c1ccc(Cl)cc1Cl)C(C)C. The molecule has 1 aliphatic rings. The Bertz CT molecular complexity index is 1010. The fraction of sp³-hybridized carbons (Fsp3) is 0.583. The van der Waals surface area contributed by atoms with Crippen molar-refractivity contribution in [2.45, 2.75) is 77.2 Å². The van der Waals surface area contributed by atoms with Crippen molar-refractivity contribution in [3.05, 3.63) is 39.6 Å². The van der Waals surface area contributed by atoms with Crippen LogP contribution in [0.15, 0.2) is 23.4 Å². The number of halogens is 2. The molecule has 186 valence electrons. The number of thioether (sulfide) groups is 1. The topological polar surface area (TPSA) is 88.9 Å². The van der Waals surface area contributed by atoms with Crippen molar-refractivity contribution in [2.75, 3.05) is 5.75 Å². The standard InChI is InChI=1S/C24H33Cl2N5O2S/c1-5-31-22(21(14(2)3)28-23(33)17-11-10-16(25)12-18(17)26)29-30-24(31)34-13-20(32)27-19-9-7-6-8-15(19)4/h10-12,14-15,19,21H,5-9,13H2,1-4H3,(H,27,32)(H,28,33)/t15-,19-,21-/m1/s1. The van der Waals surface area contributed by atoms with Crippen LogP contribution in [0.3, 0.4) is 0 Å². The van der Waals surface area contributed by atoms with E-state index in [9.17, 15) is 9.59 Å². The minimum atomic E-state index is -0.377. The van der Waals surface area contributed by atoms with Gasteiger partial charge in [-0.15, -0.1) is 10.2 Å². The van der Waals surface area contributed by atoms with Crippen molar-refractivity contribution in [3.63, 3.8) is 0 Å². The van der Waals surface area contributed by atoms with Gasteiger partial charge in [0.1, 0.15) is 0 Å². The molecule has 0 bridgehead atoms. The fourth-order valence-corrected chi connectivity index (χ4v) is 5.58. The molecule has 2 amide bonds. The summed E-state index contributed by atoms with van der Waals surface area (Å²) in [7, 11) is 0. The number of carbonyl (C=O) groups is 2. The third-order valence-corrected chi connectivity index (χ3v) is 7.77. The Morgan fingerprint density at radius 1 is 1.21 bits per heavy atom. The molecule has 3 atom stereocenters. The van der Waals surface area contributed by atoms with Gasteiger partial charge in [-0.1, -0.05) is 68.6 Å². The molecule has 0 saturated heterocycles. The second-order valence-corrected chi connectivity index (χ2v) is 10.9. The molecule has 10 heteroatoms. The van der Waals surface area contributed by atoms with Gasteiger partial charge in [-0.3, -0.25) is 9.59 Å². The van der Waals surface area contributed by atoms with Gasteiger partial charge in [-0.25, -0.2) is 0 Å². The minimum Gasteiger partial charge on any atom is -0.352 e. The van der Waals surface area contributed by atoms with Gasteiger partial charge in [0.25, 0.3) is 5.91 Å². The van der Waals surface area contributed by atoms with E-state index >= 15 is 0 Å². The lowest BCUT2D eigenvalue weighted by molar-refractivity contribution is -0.119. The molecule has 1 saturated carbocycles. The maximum Gasteiger partial charge on any atom is 0.253 e. The van der Waals surface area contributed by atoms with Crippen molar-refractivity contribution in [3.8, 4) is 0 Å². The molecule has 3 rings (SSSR count). The first kappa shape index (κ1) is 26.8. The van der Waals surface area contributed by atoms with Crippen molar-refractivity contribution >= 4 is 46.8 Å². The second-order valence-electron chi connectivity index (χ2n) is 9.13. The van der Waals surface area contributed by atoms with Gasteiger partial charge >= 0.3 is 0 Å². The molecule has 2 N–H and O–H groups in total. The number of amides is 2. The van der Waals surface area contributed by atoms with Crippen LogP contribution in [0.4, 0.5) is 0 Å². The van der Waals surface area contributed by atoms with E-state index in [1.165, 1.54) is 24.6 Å². The average molecular weight is 527 g/mol. The Balaban J connectivity index is 1.69. The van der Waals surface area contributed by atoms with Gasteiger partial charge in [-0.2, -0.15) is 0 Å². The Kier molecular flexibility index (Phi) is 9.68. The Morgan fingerprint density at radius 3 is 2.59 bits per heavy atom. The molecular weight excluding hydrogens is 493 g/mol. The zero-order valence-corrected chi connectivity index (χ0v) is 22.4. The lowest BCUT2D eigenvalue weighted by Crippen LogP contribution is -2.41. The number of hydrogen-bond donors (Lipinski definition) is 2. The van der Waals surface area contributed by atoms with E-state index in [0.717, 1.165) is 12.8 Å². The molecule has 1 fully saturated rings. The molecule has 1 aliphatic carbocycles. The zero-order valence-electron chi connectivity index (χ0n) is 20.1. The summed E-state index contributed by atoms with van der Waals surface area (Å²) in [4.78, 5) is 25.5. The summed E-state index contributed by atoms with van der Waals surface area (Å²) < 4.78 is 1.95. The monoisotopic (exact) mass is 525 g/mol. The van der Waals surface area contributed by atoms with Crippen LogP contribution in [-0.4, -0.2) is 38.4 Å². The predicted octanol–water partition coefficient (Wildman–Crippen LogP) is 5.52. The summed E-state index contributed by atoms with van der Waals surface area (Å²) >= 11 is 13.6. The molecule has 34 heavy (non-hydrogen) atoms. The number of nitrogens with zero attached hydrogens (tertiary/aromatic N) is 3. The van der Waals surface area contributed by atoms with Crippen LogP contribution in [-0.2, 0) is 11.3 Å². The number of rotatable bonds is 9. The molecular formula is C24H33Cl2N5O2S. The Morgan fingerprint density at radius 2 is 1.94 bits per heavy atom. The number of carbonyl (C=O) groups excluding carboxylic acids is 2. The molecule has 1 heterocycles. The molecule has 0 radical (unpaired) electrons. The molecule has 0 aliphatic heterocycles. The van der Waals surface area contributed by atoms with Gasteiger partial charge in [0.15, 0.2) is 11.0 Å². The number of benzene rings is 1. The highest BCUT2D eigenvalue weighted by molar-refractivity contribution is 7.99. The third kappa shape index (κ3) is 6.67. The molecule has 2 aromatic rings. The molecule has 0 unspecified atom stereocenters. The molecule has 1 aromatic heterocycles. The molecule has 0 spiro atoms. The number of aromatic nitrogens is 3. The Labute approximate surface area is 215 Å². The van der Waals surface area contributed by atoms with Crippen LogP contribution in [0.1, 0.15) is 75.6 Å². The van der Waals surface area contributed by atoms with Crippen molar-refractivity contribution < 1.29 is 9.59 Å². The summed E-state index contributed by atoms with van der Waals surface area (Å²) in [6.07, 6.45) is 4.61. The van der Waals surface area contributed by atoms with Gasteiger partial charge in [0, 0.05) is 17.6 Å². The third-order valence-electron chi connectivity index (χ3n) is 6.26. The maximum absolute atomic E-state index is 12.9. The van der Waals surface area contributed by atoms with Gasteiger partial charge in [-0.05, 0) is 49.8 Å². The van der Waals surface area contributed by atoms with E-state index in [0.29, 0.717) is 39.1 Å². The van der Waals surface area contributed by atoms with Crippen LogP contribution in [0.2, 0.25) is 10.0 Å². The highest BCUT2D eigenvalue weighted by Crippen LogP contribution is 2.28. The minimum absolute atomic E-state index is 0.0158. The first-order valence-electron chi connectivity index (χ1n) is 11.8. The van der Waals surface area contributed by atoms with Gasteiger partial charge in [0.05, 0.1) is 22.4 Å². The normalized spacial score (nSPS) is 19.1. The summed E-state index contributed by atoms with van der Waals surface area (Å²) in [5.74, 6) is 1.21. The van der Waals surface area contributed by atoms with Gasteiger partial charge < -0.3 is 15.2 Å². The highest BCUT2D eigenvalue weighted by atomic mass is 35.5. The summed E-state index contributed by atoms with van der Waals surface area (Å²) in [6, 6.07) is 4.66. The van der Waals surface area contributed by atoms with Crippen LogP contribution >= 0.6 is 35.0 Å². The summed E-state index contributed by atoms with van der Waals surface area (Å²) in [6.45, 7) is 8.83. The summed E-state index contributed by atoms with van der Waals surface area (Å²) in [5.41, 5.74) is 0.350. The van der Waals surface area contributed by atoms with E-state index in [1.54, 1.807) is 18.2 Å². The second kappa shape index (κ2) is 12.3. The predicted molar refractivity (Wildman–Crippen MR) is 137 cm³/mol. The first-order chi connectivity index (χ1) is 16.2. The van der Waals surface area contributed by atoms with Crippen LogP contribution in [0.25, 0.3) is 0 Å². The van der Waals surface area contributed by atoms with E-state index in [4.69, 9.17) is 23.2 Å². The van der Waals surface area contributed by atoms with E-state index in [1.807, 2.05) is 25.3 Å². The van der Waals surface area contributed by atoms with E-state index in [2.05, 4.69) is 27.8 Å². The van der Waals surface area contributed by atoms with Crippen LogP contribution < -0.4 is 10.6 Å².